The van der Waals surface area contributed by atoms with E-state index in [1.807, 2.05) is 18.2 Å². The third-order valence-electron chi connectivity index (χ3n) is 4.36. The van der Waals surface area contributed by atoms with Gasteiger partial charge in [-0.25, -0.2) is 0 Å². The van der Waals surface area contributed by atoms with Crippen molar-refractivity contribution in [2.24, 2.45) is 4.99 Å². The van der Waals surface area contributed by atoms with Gasteiger partial charge < -0.3 is 20.1 Å². The Morgan fingerprint density at radius 3 is 2.37 bits per heavy atom. The zero-order valence-electron chi connectivity index (χ0n) is 18.1. The van der Waals surface area contributed by atoms with Crippen molar-refractivity contribution in [1.82, 2.24) is 15.5 Å². The maximum atomic E-state index is 5.71. The standard InChI is InChI=1S/C21H38N4O2/c1-8-13-27-19-10-9-18(14-20(19)26-7)15-24-21(22-6)23-11-12-25(16(2)3)17(4)5/h9-10,14,16-17H,8,11-13,15H2,1-7H3,(H2,22,23,24). The van der Waals surface area contributed by atoms with Crippen molar-refractivity contribution in [2.45, 2.75) is 59.7 Å². The highest BCUT2D eigenvalue weighted by atomic mass is 16.5. The van der Waals surface area contributed by atoms with Crippen molar-refractivity contribution in [3.63, 3.8) is 0 Å². The molecule has 0 fully saturated rings. The van der Waals surface area contributed by atoms with Gasteiger partial charge in [0, 0.05) is 38.8 Å². The third-order valence-corrected chi connectivity index (χ3v) is 4.36. The largest absolute Gasteiger partial charge is 0.493 e. The molecule has 0 amide bonds. The fraction of sp³-hybridized carbons (Fsp3) is 0.667. The molecule has 0 saturated carbocycles. The monoisotopic (exact) mass is 378 g/mol. The first kappa shape index (κ1) is 23.1. The maximum absolute atomic E-state index is 5.71. The van der Waals surface area contributed by atoms with E-state index in [0.29, 0.717) is 25.2 Å². The van der Waals surface area contributed by atoms with Gasteiger partial charge in [0.25, 0.3) is 0 Å². The topological polar surface area (TPSA) is 58.1 Å². The van der Waals surface area contributed by atoms with E-state index in [2.05, 4.69) is 55.1 Å². The molecule has 1 rings (SSSR count). The summed E-state index contributed by atoms with van der Waals surface area (Å²) in [7, 11) is 3.46. The number of rotatable bonds is 11. The zero-order chi connectivity index (χ0) is 20.2. The van der Waals surface area contributed by atoms with E-state index in [1.54, 1.807) is 14.2 Å². The van der Waals surface area contributed by atoms with Crippen LogP contribution in [0.1, 0.15) is 46.6 Å². The van der Waals surface area contributed by atoms with E-state index in [9.17, 15) is 0 Å². The van der Waals surface area contributed by atoms with Gasteiger partial charge in [0.05, 0.1) is 13.7 Å². The van der Waals surface area contributed by atoms with Crippen molar-refractivity contribution in [3.8, 4) is 11.5 Å². The molecule has 0 spiro atoms. The first-order valence-electron chi connectivity index (χ1n) is 9.92. The highest BCUT2D eigenvalue weighted by Gasteiger charge is 2.12. The fourth-order valence-electron chi connectivity index (χ4n) is 2.98. The average Bonchev–Trinajstić information content (AvgIpc) is 2.65. The van der Waals surface area contributed by atoms with Crippen LogP contribution in [0.2, 0.25) is 0 Å². The Bertz CT molecular complexity index is 565. The Labute approximate surface area is 165 Å². The van der Waals surface area contributed by atoms with Crippen molar-refractivity contribution >= 4 is 5.96 Å². The average molecular weight is 379 g/mol. The van der Waals surface area contributed by atoms with E-state index >= 15 is 0 Å². The normalized spacial score (nSPS) is 12.0. The van der Waals surface area contributed by atoms with Gasteiger partial charge in [-0.05, 0) is 51.8 Å². The zero-order valence-corrected chi connectivity index (χ0v) is 18.1. The highest BCUT2D eigenvalue weighted by molar-refractivity contribution is 5.79. The van der Waals surface area contributed by atoms with Crippen LogP contribution in [0.3, 0.4) is 0 Å². The molecule has 27 heavy (non-hydrogen) atoms. The lowest BCUT2D eigenvalue weighted by Gasteiger charge is -2.30. The fourth-order valence-corrected chi connectivity index (χ4v) is 2.98. The summed E-state index contributed by atoms with van der Waals surface area (Å²) in [6.07, 6.45) is 0.972. The summed E-state index contributed by atoms with van der Waals surface area (Å²) in [6.45, 7) is 14.2. The second-order valence-corrected chi connectivity index (χ2v) is 7.11. The minimum atomic E-state index is 0.530. The summed E-state index contributed by atoms with van der Waals surface area (Å²) in [6, 6.07) is 7.08. The van der Waals surface area contributed by atoms with Crippen molar-refractivity contribution in [2.75, 3.05) is 33.9 Å². The first-order valence-corrected chi connectivity index (χ1v) is 9.92. The summed E-state index contributed by atoms with van der Waals surface area (Å²) in [5, 5.41) is 6.74. The molecular weight excluding hydrogens is 340 g/mol. The van der Waals surface area contributed by atoms with Gasteiger partial charge in [0.1, 0.15) is 0 Å². The number of methoxy groups -OCH3 is 1. The van der Waals surface area contributed by atoms with Crippen LogP contribution in [0.4, 0.5) is 0 Å². The minimum absolute atomic E-state index is 0.530. The highest BCUT2D eigenvalue weighted by Crippen LogP contribution is 2.28. The van der Waals surface area contributed by atoms with Gasteiger partial charge in [-0.2, -0.15) is 0 Å². The summed E-state index contributed by atoms with van der Waals surface area (Å²) in [5.41, 5.74) is 1.12. The van der Waals surface area contributed by atoms with Gasteiger partial charge in [-0.15, -0.1) is 0 Å². The molecule has 0 atom stereocenters. The summed E-state index contributed by atoms with van der Waals surface area (Å²) < 4.78 is 11.2. The van der Waals surface area contributed by atoms with Crippen LogP contribution in [-0.2, 0) is 6.54 Å². The third kappa shape index (κ3) is 8.08. The molecule has 6 nitrogen and oxygen atoms in total. The van der Waals surface area contributed by atoms with Gasteiger partial charge in [0.15, 0.2) is 17.5 Å². The molecule has 1 aromatic carbocycles. The molecule has 0 bridgehead atoms. The molecule has 0 radical (unpaired) electrons. The Morgan fingerprint density at radius 1 is 1.11 bits per heavy atom. The van der Waals surface area contributed by atoms with Crippen molar-refractivity contribution < 1.29 is 9.47 Å². The quantitative estimate of drug-likeness (QED) is 0.457. The molecule has 0 aliphatic rings. The van der Waals surface area contributed by atoms with Gasteiger partial charge in [0.2, 0.25) is 0 Å². The van der Waals surface area contributed by atoms with Crippen molar-refractivity contribution in [3.05, 3.63) is 23.8 Å². The van der Waals surface area contributed by atoms with Crippen LogP contribution >= 0.6 is 0 Å². The Kier molecular flexibility index (Phi) is 10.6. The smallest absolute Gasteiger partial charge is 0.191 e. The van der Waals surface area contributed by atoms with Crippen LogP contribution in [0.25, 0.3) is 0 Å². The van der Waals surface area contributed by atoms with E-state index < -0.39 is 0 Å². The molecule has 1 aromatic rings. The molecule has 0 saturated heterocycles. The van der Waals surface area contributed by atoms with Gasteiger partial charge >= 0.3 is 0 Å². The molecule has 154 valence electrons. The van der Waals surface area contributed by atoms with E-state index in [4.69, 9.17) is 9.47 Å². The summed E-state index contributed by atoms with van der Waals surface area (Å²) in [5.74, 6) is 2.34. The molecule has 0 aromatic heterocycles. The number of benzene rings is 1. The van der Waals surface area contributed by atoms with Gasteiger partial charge in [-0.1, -0.05) is 13.0 Å². The molecule has 2 N–H and O–H groups in total. The Balaban J connectivity index is 2.54. The number of guanidine groups is 1. The Hall–Kier alpha value is -1.95. The predicted octanol–water partition coefficient (Wildman–Crippen LogP) is 3.27. The first-order chi connectivity index (χ1) is 12.9. The lowest BCUT2D eigenvalue weighted by atomic mass is 10.2. The number of nitrogens with zero attached hydrogens (tertiary/aromatic N) is 2. The number of ether oxygens (including phenoxy) is 2. The van der Waals surface area contributed by atoms with E-state index in [-0.39, 0.29) is 0 Å². The van der Waals surface area contributed by atoms with Crippen molar-refractivity contribution in [1.29, 1.82) is 0 Å². The minimum Gasteiger partial charge on any atom is -0.493 e. The second kappa shape index (κ2) is 12.4. The summed E-state index contributed by atoms with van der Waals surface area (Å²) >= 11 is 0. The molecule has 0 unspecified atom stereocenters. The van der Waals surface area contributed by atoms with E-state index in [0.717, 1.165) is 42.5 Å². The van der Waals surface area contributed by atoms with Crippen LogP contribution in [0, 0.1) is 0 Å². The maximum Gasteiger partial charge on any atom is 0.191 e. The van der Waals surface area contributed by atoms with Crippen LogP contribution in [0.5, 0.6) is 11.5 Å². The number of hydrogen-bond acceptors (Lipinski definition) is 4. The number of nitrogens with one attached hydrogen (secondary N) is 2. The van der Waals surface area contributed by atoms with Gasteiger partial charge in [-0.3, -0.25) is 9.89 Å². The predicted molar refractivity (Wildman–Crippen MR) is 114 cm³/mol. The lowest BCUT2D eigenvalue weighted by Crippen LogP contribution is -2.45. The molecule has 0 aliphatic carbocycles. The Morgan fingerprint density at radius 2 is 1.81 bits per heavy atom. The lowest BCUT2D eigenvalue weighted by molar-refractivity contribution is 0.178. The molecule has 0 heterocycles. The second-order valence-electron chi connectivity index (χ2n) is 7.11. The SMILES string of the molecule is CCCOc1ccc(CNC(=NC)NCCN(C(C)C)C(C)C)cc1OC. The number of aliphatic imine (C=N–C) groups is 1. The molecule has 6 heteroatoms. The van der Waals surface area contributed by atoms with Crippen LogP contribution in [0.15, 0.2) is 23.2 Å². The van der Waals surface area contributed by atoms with E-state index in [1.165, 1.54) is 0 Å². The summed E-state index contributed by atoms with van der Waals surface area (Å²) in [4.78, 5) is 6.77. The molecular formula is C21H38N4O2. The van der Waals surface area contributed by atoms with Crippen LogP contribution in [-0.4, -0.2) is 56.8 Å². The molecule has 0 aliphatic heterocycles. The van der Waals surface area contributed by atoms with Crippen LogP contribution < -0.4 is 20.1 Å². The number of hydrogen-bond donors (Lipinski definition) is 2.